The summed E-state index contributed by atoms with van der Waals surface area (Å²) in [5.74, 6) is -2.17. The largest absolute Gasteiger partial charge is 1.00 e. The molecule has 0 rings (SSSR count). The molecule has 0 aromatic carbocycles. The van der Waals surface area contributed by atoms with Crippen molar-refractivity contribution < 1.29 is 97.5 Å². The minimum atomic E-state index is -1.18. The predicted molar refractivity (Wildman–Crippen MR) is 93.5 cm³/mol. The van der Waals surface area contributed by atoms with Crippen LogP contribution in [0.25, 0.3) is 0 Å². The molecule has 0 heterocycles. The fraction of sp³-hybridized carbons (Fsp3) is 0.706. The van der Waals surface area contributed by atoms with Crippen LogP contribution in [0.5, 0.6) is 0 Å². The first-order valence-electron chi connectivity index (χ1n) is 8.23. The molecule has 0 bridgehead atoms. The molecule has 0 aromatic rings. The number of rotatable bonds is 13. The van der Waals surface area contributed by atoms with E-state index in [0.717, 1.165) is 12.8 Å². The van der Waals surface area contributed by atoms with Crippen LogP contribution in [0.3, 0.4) is 0 Å². The van der Waals surface area contributed by atoms with Gasteiger partial charge in [0.15, 0.2) is 0 Å². The first-order valence-corrected chi connectivity index (χ1v) is 8.23. The number of carbonyl (C=O) groups excluding carboxylic acids is 1. The van der Waals surface area contributed by atoms with Gasteiger partial charge in [0.05, 0.1) is 25.2 Å². The molecule has 5 N–H and O–H groups in total. The summed E-state index contributed by atoms with van der Waals surface area (Å²) >= 11 is 0. The van der Waals surface area contributed by atoms with Crippen molar-refractivity contribution in [3.63, 3.8) is 0 Å². The van der Waals surface area contributed by atoms with E-state index in [0.29, 0.717) is 12.8 Å². The Bertz CT molecular complexity index is 428. The van der Waals surface area contributed by atoms with Gasteiger partial charge < -0.3 is 31.7 Å². The summed E-state index contributed by atoms with van der Waals surface area (Å²) in [4.78, 5) is 31.1. The molecule has 27 heavy (non-hydrogen) atoms. The van der Waals surface area contributed by atoms with Gasteiger partial charge in [0.2, 0.25) is 0 Å². The number of carboxylic acid groups (broad SMARTS) is 2. The van der Waals surface area contributed by atoms with Crippen molar-refractivity contribution in [2.24, 2.45) is 5.41 Å². The number of aliphatic hydroxyl groups excluding tert-OH is 3. The molecule has 0 spiro atoms. The Balaban J connectivity index is -0.000000194. The van der Waals surface area contributed by atoms with E-state index in [-0.39, 0.29) is 77.8 Å². The number of esters is 1. The van der Waals surface area contributed by atoms with Gasteiger partial charge in [-0.25, -0.2) is 4.79 Å². The average molecular weight is 419 g/mol. The number of carbonyl (C=O) groups is 3. The van der Waals surface area contributed by atoms with Crippen LogP contribution in [0.15, 0.2) is 12.2 Å². The zero-order chi connectivity index (χ0) is 20.6. The standard InChI is InChI=1S/C9H16O5.C8H14O4.K.H/c1-7(2)8(13)14-6-9(3-10,4-11)5-12;9-7(10)5-3-1-2-4-6-8(11)12;;/h10-12H,1,3-6H2,2H3;1-6H2,(H,9,10)(H,11,12);;/q;;+1;-1. The van der Waals surface area contributed by atoms with Crippen LogP contribution in [0.1, 0.15) is 46.9 Å². The van der Waals surface area contributed by atoms with Gasteiger partial charge in [-0.05, 0) is 19.8 Å². The summed E-state index contributed by atoms with van der Waals surface area (Å²) in [7, 11) is 0. The molecule has 0 radical (unpaired) electrons. The molecule has 0 amide bonds. The van der Waals surface area contributed by atoms with Crippen molar-refractivity contribution >= 4 is 17.9 Å². The van der Waals surface area contributed by atoms with E-state index in [4.69, 9.17) is 30.3 Å². The van der Waals surface area contributed by atoms with Gasteiger partial charge in [0.25, 0.3) is 0 Å². The van der Waals surface area contributed by atoms with Crippen LogP contribution < -0.4 is 51.4 Å². The van der Waals surface area contributed by atoms with Gasteiger partial charge in [0.1, 0.15) is 6.61 Å². The molecule has 9 nitrogen and oxygen atoms in total. The molecule has 0 fully saturated rings. The van der Waals surface area contributed by atoms with Gasteiger partial charge >= 0.3 is 69.3 Å². The SMILES string of the molecule is C=C(C)C(=O)OCC(CO)(CO)CO.O=C(O)CCCCCCC(=O)O.[H-].[K+]. The number of aliphatic carboxylic acids is 2. The van der Waals surface area contributed by atoms with E-state index in [1.807, 2.05) is 0 Å². The molecule has 0 unspecified atom stereocenters. The van der Waals surface area contributed by atoms with Gasteiger partial charge in [-0.15, -0.1) is 0 Å². The minimum absolute atomic E-state index is 0. The van der Waals surface area contributed by atoms with Crippen molar-refractivity contribution in [2.45, 2.75) is 45.4 Å². The first-order chi connectivity index (χ1) is 12.1. The van der Waals surface area contributed by atoms with E-state index in [9.17, 15) is 14.4 Å². The number of aliphatic hydroxyl groups is 3. The number of hydrogen-bond donors (Lipinski definition) is 5. The Morgan fingerprint density at radius 2 is 1.26 bits per heavy atom. The fourth-order valence-corrected chi connectivity index (χ4v) is 1.53. The first kappa shape index (κ1) is 31.4. The zero-order valence-corrected chi connectivity index (χ0v) is 19.3. The zero-order valence-electron chi connectivity index (χ0n) is 17.1. The third-order valence-electron chi connectivity index (χ3n) is 3.40. The minimum Gasteiger partial charge on any atom is -1.00 e. The molecular weight excluding hydrogens is 387 g/mol. The second kappa shape index (κ2) is 19.0. The van der Waals surface area contributed by atoms with E-state index in [2.05, 4.69) is 6.58 Å². The van der Waals surface area contributed by atoms with Crippen molar-refractivity contribution in [1.29, 1.82) is 0 Å². The maximum atomic E-state index is 11.0. The maximum absolute atomic E-state index is 11.0. The molecule has 0 saturated heterocycles. The van der Waals surface area contributed by atoms with Crippen LogP contribution in [0.2, 0.25) is 0 Å². The monoisotopic (exact) mass is 418 g/mol. The molecule has 0 aliphatic heterocycles. The smallest absolute Gasteiger partial charge is 1.00 e. The van der Waals surface area contributed by atoms with E-state index >= 15 is 0 Å². The molecule has 0 aliphatic carbocycles. The summed E-state index contributed by atoms with van der Waals surface area (Å²) in [5, 5.41) is 43.2. The Morgan fingerprint density at radius 3 is 1.52 bits per heavy atom. The van der Waals surface area contributed by atoms with E-state index in [1.165, 1.54) is 6.92 Å². The van der Waals surface area contributed by atoms with E-state index in [1.54, 1.807) is 0 Å². The molecule has 0 saturated carbocycles. The van der Waals surface area contributed by atoms with Crippen molar-refractivity contribution in [3.8, 4) is 0 Å². The van der Waals surface area contributed by atoms with Crippen molar-refractivity contribution in [3.05, 3.63) is 12.2 Å². The Labute approximate surface area is 203 Å². The van der Waals surface area contributed by atoms with Gasteiger partial charge in [-0.2, -0.15) is 0 Å². The van der Waals surface area contributed by atoms with Gasteiger partial charge in [-0.3, -0.25) is 9.59 Å². The third kappa shape index (κ3) is 18.8. The van der Waals surface area contributed by atoms with Crippen LogP contribution >= 0.6 is 0 Å². The fourth-order valence-electron chi connectivity index (χ4n) is 1.53. The number of unbranched alkanes of at least 4 members (excludes halogenated alkanes) is 3. The molecule has 0 aliphatic rings. The number of ether oxygens (including phenoxy) is 1. The summed E-state index contributed by atoms with van der Waals surface area (Å²) in [6.45, 7) is 3.26. The maximum Gasteiger partial charge on any atom is 1.00 e. The molecular formula is C17H31KO9. The Morgan fingerprint density at radius 1 is 0.889 bits per heavy atom. The Kier molecular flexibility index (Phi) is 22.1. The Hall–Kier alpha value is -0.334. The van der Waals surface area contributed by atoms with Crippen LogP contribution in [-0.4, -0.2) is 69.9 Å². The van der Waals surface area contributed by atoms with Gasteiger partial charge in [0, 0.05) is 18.4 Å². The van der Waals surface area contributed by atoms with Crippen LogP contribution in [0, 0.1) is 5.41 Å². The predicted octanol–water partition coefficient (Wildman–Crippen LogP) is -2.32. The molecule has 0 aromatic heterocycles. The molecule has 0 atom stereocenters. The second-order valence-electron chi connectivity index (χ2n) is 6.03. The molecule has 10 heteroatoms. The summed E-state index contributed by atoms with van der Waals surface area (Å²) in [6.07, 6.45) is 3.28. The summed E-state index contributed by atoms with van der Waals surface area (Å²) in [5.41, 5.74) is -0.946. The molecule has 154 valence electrons. The normalized spacial score (nSPS) is 10.1. The topological polar surface area (TPSA) is 162 Å². The van der Waals surface area contributed by atoms with Crippen LogP contribution in [-0.2, 0) is 19.1 Å². The van der Waals surface area contributed by atoms with Crippen molar-refractivity contribution in [2.75, 3.05) is 26.4 Å². The van der Waals surface area contributed by atoms with E-state index < -0.39 is 43.1 Å². The van der Waals surface area contributed by atoms with Crippen molar-refractivity contribution in [1.82, 2.24) is 0 Å². The average Bonchev–Trinajstić information content (AvgIpc) is 2.59. The quantitative estimate of drug-likeness (QED) is 0.0957. The summed E-state index contributed by atoms with van der Waals surface area (Å²) in [6, 6.07) is 0. The summed E-state index contributed by atoms with van der Waals surface area (Å²) < 4.78 is 4.72. The second-order valence-corrected chi connectivity index (χ2v) is 6.03. The number of carboxylic acids is 2. The van der Waals surface area contributed by atoms with Crippen LogP contribution in [0.4, 0.5) is 0 Å². The van der Waals surface area contributed by atoms with Gasteiger partial charge in [-0.1, -0.05) is 19.4 Å². The number of hydrogen-bond acceptors (Lipinski definition) is 7. The third-order valence-corrected chi connectivity index (χ3v) is 3.40.